The Kier molecular flexibility index (Phi) is 6.26. The first-order valence-electron chi connectivity index (χ1n) is 8.51. The molecule has 140 valence electrons. The number of amides is 1. The number of H-pyrrole nitrogens is 1. The minimum Gasteiger partial charge on any atom is -0.467 e. The van der Waals surface area contributed by atoms with Crippen molar-refractivity contribution in [2.24, 2.45) is 5.10 Å². The van der Waals surface area contributed by atoms with E-state index in [0.29, 0.717) is 23.6 Å². The van der Waals surface area contributed by atoms with Crippen LogP contribution >= 0.6 is 15.9 Å². The quantitative estimate of drug-likeness (QED) is 0.252. The molecule has 3 rings (SSSR count). The summed E-state index contributed by atoms with van der Waals surface area (Å²) in [5.41, 5.74) is 5.50. The van der Waals surface area contributed by atoms with Gasteiger partial charge in [0, 0.05) is 22.0 Å². The van der Waals surface area contributed by atoms with Crippen molar-refractivity contribution in [3.8, 4) is 5.75 Å². The molecule has 1 amide bonds. The molecule has 0 aliphatic heterocycles. The number of halogens is 1. The number of carbonyl (C=O) groups is 1. The number of carbonyl (C=O) groups excluding carboxylic acids is 1. The van der Waals surface area contributed by atoms with Crippen LogP contribution in [0.5, 0.6) is 5.75 Å². The van der Waals surface area contributed by atoms with E-state index in [2.05, 4.69) is 31.4 Å². The fourth-order valence-electron chi connectivity index (χ4n) is 2.52. The Balaban J connectivity index is 1.76. The molecule has 0 fully saturated rings. The lowest BCUT2D eigenvalue weighted by atomic mass is 10.2. The second-order valence-electron chi connectivity index (χ2n) is 5.80. The van der Waals surface area contributed by atoms with E-state index >= 15 is 0 Å². The number of hydrogen-bond donors (Lipinski definition) is 2. The molecule has 0 spiro atoms. The molecule has 2 N–H and O–H groups in total. The Labute approximate surface area is 165 Å². The lowest BCUT2D eigenvalue weighted by molar-refractivity contribution is 0.0218. The van der Waals surface area contributed by atoms with Crippen LogP contribution < -0.4 is 10.2 Å². The first-order valence-corrected chi connectivity index (χ1v) is 9.30. The van der Waals surface area contributed by atoms with E-state index in [1.165, 1.54) is 0 Å². The number of benzene rings is 2. The van der Waals surface area contributed by atoms with Crippen molar-refractivity contribution >= 4 is 38.5 Å². The molecule has 0 aliphatic carbocycles. The third kappa shape index (κ3) is 4.75. The summed E-state index contributed by atoms with van der Waals surface area (Å²) >= 11 is 3.38. The van der Waals surface area contributed by atoms with Crippen molar-refractivity contribution in [3.05, 3.63) is 64.3 Å². The highest BCUT2D eigenvalue weighted by Crippen LogP contribution is 2.23. The molecule has 0 saturated heterocycles. The Morgan fingerprint density at radius 3 is 2.81 bits per heavy atom. The Hall–Kier alpha value is -2.64. The zero-order chi connectivity index (χ0) is 19.2. The maximum Gasteiger partial charge on any atom is 0.275 e. The minimum atomic E-state index is -0.363. The SMILES string of the molecule is CCOCOc1ccc(Br)cc1C(=O)NN=C(C)c1cc2ccccc2[nH]1. The van der Waals surface area contributed by atoms with Crippen molar-refractivity contribution in [2.45, 2.75) is 13.8 Å². The normalized spacial score (nSPS) is 11.6. The maximum atomic E-state index is 12.6. The monoisotopic (exact) mass is 429 g/mol. The Morgan fingerprint density at radius 1 is 1.22 bits per heavy atom. The van der Waals surface area contributed by atoms with Crippen LogP contribution in [0.3, 0.4) is 0 Å². The van der Waals surface area contributed by atoms with Crippen molar-refractivity contribution in [1.82, 2.24) is 10.4 Å². The molecule has 0 saturated carbocycles. The number of nitrogens with zero attached hydrogens (tertiary/aromatic N) is 1. The summed E-state index contributed by atoms with van der Waals surface area (Å²) in [6, 6.07) is 15.2. The van der Waals surface area contributed by atoms with Crippen LogP contribution in [0.4, 0.5) is 0 Å². The van der Waals surface area contributed by atoms with Crippen LogP contribution in [-0.4, -0.2) is 30.0 Å². The number of hydrogen-bond acceptors (Lipinski definition) is 4. The molecule has 7 heteroatoms. The zero-order valence-corrected chi connectivity index (χ0v) is 16.7. The second kappa shape index (κ2) is 8.83. The number of aromatic amines is 1. The van der Waals surface area contributed by atoms with Crippen LogP contribution in [0.15, 0.2) is 58.1 Å². The highest BCUT2D eigenvalue weighted by atomic mass is 79.9. The molecule has 1 aromatic heterocycles. The van der Waals surface area contributed by atoms with Crippen LogP contribution in [0.2, 0.25) is 0 Å². The molecule has 2 aromatic carbocycles. The third-order valence-electron chi connectivity index (χ3n) is 3.93. The van der Waals surface area contributed by atoms with Crippen molar-refractivity contribution in [3.63, 3.8) is 0 Å². The molecule has 1 heterocycles. The molecule has 0 atom stereocenters. The van der Waals surface area contributed by atoms with Gasteiger partial charge in [0.15, 0.2) is 6.79 Å². The molecular formula is C20H20BrN3O3. The number of ether oxygens (including phenoxy) is 2. The summed E-state index contributed by atoms with van der Waals surface area (Å²) in [4.78, 5) is 15.9. The zero-order valence-electron chi connectivity index (χ0n) is 15.1. The highest BCUT2D eigenvalue weighted by molar-refractivity contribution is 9.10. The summed E-state index contributed by atoms with van der Waals surface area (Å²) in [5, 5.41) is 5.31. The largest absolute Gasteiger partial charge is 0.467 e. The first kappa shape index (κ1) is 19.1. The molecule has 6 nitrogen and oxygen atoms in total. The lowest BCUT2D eigenvalue weighted by Gasteiger charge is -2.11. The number of para-hydroxylation sites is 1. The number of aromatic nitrogens is 1. The van der Waals surface area contributed by atoms with E-state index in [1.54, 1.807) is 18.2 Å². The van der Waals surface area contributed by atoms with Gasteiger partial charge in [-0.1, -0.05) is 34.1 Å². The number of rotatable bonds is 7. The summed E-state index contributed by atoms with van der Waals surface area (Å²) in [6.07, 6.45) is 0. The van der Waals surface area contributed by atoms with E-state index in [1.807, 2.05) is 44.2 Å². The Bertz CT molecular complexity index is 949. The molecule has 3 aromatic rings. The number of fused-ring (bicyclic) bond motifs is 1. The predicted octanol–water partition coefficient (Wildman–Crippen LogP) is 4.46. The average Bonchev–Trinajstić information content (AvgIpc) is 3.11. The minimum absolute atomic E-state index is 0.0791. The van der Waals surface area contributed by atoms with Gasteiger partial charge in [-0.2, -0.15) is 5.10 Å². The summed E-state index contributed by atoms with van der Waals surface area (Å²) in [6.45, 7) is 4.32. The van der Waals surface area contributed by atoms with Crippen LogP contribution in [0.1, 0.15) is 29.9 Å². The second-order valence-corrected chi connectivity index (χ2v) is 6.72. The summed E-state index contributed by atoms with van der Waals surface area (Å²) in [7, 11) is 0. The van der Waals surface area contributed by atoms with Crippen LogP contribution in [-0.2, 0) is 4.74 Å². The third-order valence-corrected chi connectivity index (χ3v) is 4.43. The van der Waals surface area contributed by atoms with Crippen LogP contribution in [0, 0.1) is 0 Å². The molecule has 0 unspecified atom stereocenters. The highest BCUT2D eigenvalue weighted by Gasteiger charge is 2.14. The smallest absolute Gasteiger partial charge is 0.275 e. The van der Waals surface area contributed by atoms with Crippen molar-refractivity contribution in [2.75, 3.05) is 13.4 Å². The van der Waals surface area contributed by atoms with Gasteiger partial charge in [0.2, 0.25) is 0 Å². The van der Waals surface area contributed by atoms with Crippen LogP contribution in [0.25, 0.3) is 10.9 Å². The van der Waals surface area contributed by atoms with Gasteiger partial charge in [-0.25, -0.2) is 5.43 Å². The van der Waals surface area contributed by atoms with Crippen molar-refractivity contribution < 1.29 is 14.3 Å². The fourth-order valence-corrected chi connectivity index (χ4v) is 2.88. The summed E-state index contributed by atoms with van der Waals surface area (Å²) < 4.78 is 11.5. The van der Waals surface area contributed by atoms with Gasteiger partial charge in [-0.15, -0.1) is 0 Å². The molecule has 0 bridgehead atoms. The van der Waals surface area contributed by atoms with Gasteiger partial charge in [0.05, 0.1) is 17.0 Å². The van der Waals surface area contributed by atoms with Gasteiger partial charge >= 0.3 is 0 Å². The molecule has 27 heavy (non-hydrogen) atoms. The standard InChI is InChI=1S/C20H20BrN3O3/c1-3-26-12-27-19-9-8-15(21)11-16(19)20(25)24-23-13(2)18-10-14-6-4-5-7-17(14)22-18/h4-11,22H,3,12H2,1-2H3,(H,24,25). The molecular weight excluding hydrogens is 410 g/mol. The topological polar surface area (TPSA) is 75.7 Å². The molecule has 0 aliphatic rings. The van der Waals surface area contributed by atoms with E-state index in [-0.39, 0.29) is 12.7 Å². The van der Waals surface area contributed by atoms with Gasteiger partial charge < -0.3 is 14.5 Å². The van der Waals surface area contributed by atoms with E-state index in [9.17, 15) is 4.79 Å². The maximum absolute atomic E-state index is 12.6. The number of hydrazone groups is 1. The fraction of sp³-hybridized carbons (Fsp3) is 0.200. The molecule has 0 radical (unpaired) electrons. The van der Waals surface area contributed by atoms with E-state index < -0.39 is 0 Å². The predicted molar refractivity (Wildman–Crippen MR) is 109 cm³/mol. The van der Waals surface area contributed by atoms with E-state index in [4.69, 9.17) is 9.47 Å². The van der Waals surface area contributed by atoms with Crippen molar-refractivity contribution in [1.29, 1.82) is 0 Å². The van der Waals surface area contributed by atoms with Gasteiger partial charge in [-0.05, 0) is 44.2 Å². The van der Waals surface area contributed by atoms with E-state index in [0.717, 1.165) is 21.1 Å². The van der Waals surface area contributed by atoms with Gasteiger partial charge in [0.1, 0.15) is 5.75 Å². The summed E-state index contributed by atoms with van der Waals surface area (Å²) in [5.74, 6) is 0.0703. The Morgan fingerprint density at radius 2 is 2.04 bits per heavy atom. The van der Waals surface area contributed by atoms with Gasteiger partial charge in [-0.3, -0.25) is 4.79 Å². The average molecular weight is 430 g/mol. The van der Waals surface area contributed by atoms with Gasteiger partial charge in [0.25, 0.3) is 5.91 Å². The number of nitrogens with one attached hydrogen (secondary N) is 2. The first-order chi connectivity index (χ1) is 13.1. The lowest BCUT2D eigenvalue weighted by Crippen LogP contribution is -2.20.